The Balaban J connectivity index is 2.16. The van der Waals surface area contributed by atoms with Gasteiger partial charge in [-0.3, -0.25) is 14.3 Å². The molecular formula is C15H24N4O2. The van der Waals surface area contributed by atoms with Crippen molar-refractivity contribution in [3.05, 3.63) is 18.0 Å². The van der Waals surface area contributed by atoms with Crippen molar-refractivity contribution in [1.29, 1.82) is 0 Å². The second-order valence-corrected chi connectivity index (χ2v) is 5.89. The van der Waals surface area contributed by atoms with Gasteiger partial charge in [-0.25, -0.2) is 0 Å². The first-order chi connectivity index (χ1) is 9.95. The van der Waals surface area contributed by atoms with E-state index in [9.17, 15) is 9.59 Å². The Hall–Kier alpha value is -1.85. The number of nitrogens with one attached hydrogen (secondary N) is 1. The minimum atomic E-state index is -0.390. The molecule has 0 aliphatic carbocycles. The number of rotatable bonds is 5. The Bertz CT molecular complexity index is 523. The van der Waals surface area contributed by atoms with E-state index in [1.807, 2.05) is 33.9 Å². The van der Waals surface area contributed by atoms with Crippen molar-refractivity contribution in [2.75, 3.05) is 6.54 Å². The number of piperazine rings is 1. The Morgan fingerprint density at radius 2 is 2.10 bits per heavy atom. The highest BCUT2D eigenvalue weighted by atomic mass is 16.2. The topological polar surface area (TPSA) is 67.2 Å². The fraction of sp³-hybridized carbons (Fsp3) is 0.667. The first-order valence-electron chi connectivity index (χ1n) is 7.53. The quantitative estimate of drug-likeness (QED) is 0.870. The van der Waals surface area contributed by atoms with Gasteiger partial charge in [0, 0.05) is 31.9 Å². The molecule has 2 unspecified atom stereocenters. The van der Waals surface area contributed by atoms with E-state index in [1.54, 1.807) is 15.8 Å². The second-order valence-electron chi connectivity index (χ2n) is 5.89. The maximum atomic E-state index is 12.6. The van der Waals surface area contributed by atoms with Crippen molar-refractivity contribution in [2.24, 2.45) is 13.0 Å². The van der Waals surface area contributed by atoms with Crippen LogP contribution in [0.2, 0.25) is 0 Å². The molecule has 21 heavy (non-hydrogen) atoms. The van der Waals surface area contributed by atoms with Crippen molar-refractivity contribution in [1.82, 2.24) is 20.0 Å². The van der Waals surface area contributed by atoms with Crippen LogP contribution in [0.4, 0.5) is 0 Å². The molecule has 0 bridgehead atoms. The maximum absolute atomic E-state index is 12.6. The molecule has 116 valence electrons. The van der Waals surface area contributed by atoms with Gasteiger partial charge in [0.25, 0.3) is 0 Å². The van der Waals surface area contributed by atoms with Gasteiger partial charge in [0.1, 0.15) is 12.1 Å². The predicted octanol–water partition coefficient (Wildman–Crippen LogP) is 0.724. The van der Waals surface area contributed by atoms with Gasteiger partial charge in [0.2, 0.25) is 11.8 Å². The van der Waals surface area contributed by atoms with Gasteiger partial charge in [-0.2, -0.15) is 5.10 Å². The summed E-state index contributed by atoms with van der Waals surface area (Å²) < 4.78 is 1.80. The lowest BCUT2D eigenvalue weighted by molar-refractivity contribution is -0.151. The average Bonchev–Trinajstić information content (AvgIpc) is 2.84. The normalized spacial score (nSPS) is 22.8. The van der Waals surface area contributed by atoms with Gasteiger partial charge >= 0.3 is 0 Å². The summed E-state index contributed by atoms with van der Waals surface area (Å²) in [5.41, 5.74) is 1.06. The summed E-state index contributed by atoms with van der Waals surface area (Å²) in [5, 5.41) is 6.97. The number of nitrogens with zero attached hydrogens (tertiary/aromatic N) is 3. The number of aryl methyl sites for hydroxylation is 1. The first-order valence-corrected chi connectivity index (χ1v) is 7.53. The van der Waals surface area contributed by atoms with Crippen LogP contribution < -0.4 is 5.32 Å². The van der Waals surface area contributed by atoms with Crippen LogP contribution in [0.1, 0.15) is 32.9 Å². The standard InChI is InChI=1S/C15H24N4O2/c1-5-12-15(21)19(13(10(2)3)14(20)17-12)9-7-11-6-8-16-18(11)4/h6,8,10,12-13H,5,7,9H2,1-4H3,(H,17,20). The lowest BCUT2D eigenvalue weighted by Crippen LogP contribution is -2.64. The highest BCUT2D eigenvalue weighted by Gasteiger charge is 2.40. The fourth-order valence-electron chi connectivity index (χ4n) is 2.87. The average molecular weight is 292 g/mol. The Morgan fingerprint density at radius 1 is 1.38 bits per heavy atom. The van der Waals surface area contributed by atoms with E-state index >= 15 is 0 Å². The van der Waals surface area contributed by atoms with Crippen LogP contribution in [0, 0.1) is 5.92 Å². The molecular weight excluding hydrogens is 268 g/mol. The van der Waals surface area contributed by atoms with Crippen LogP contribution in [0.25, 0.3) is 0 Å². The van der Waals surface area contributed by atoms with Gasteiger partial charge in [-0.05, 0) is 18.4 Å². The molecule has 6 nitrogen and oxygen atoms in total. The summed E-state index contributed by atoms with van der Waals surface area (Å²) in [6.07, 6.45) is 3.07. The van der Waals surface area contributed by atoms with Crippen molar-refractivity contribution in [3.8, 4) is 0 Å². The van der Waals surface area contributed by atoms with Crippen LogP contribution in [-0.4, -0.2) is 45.1 Å². The molecule has 1 saturated heterocycles. The van der Waals surface area contributed by atoms with Crippen molar-refractivity contribution in [3.63, 3.8) is 0 Å². The first kappa shape index (κ1) is 15.5. The summed E-state index contributed by atoms with van der Waals surface area (Å²) in [5.74, 6) is 0.0812. The Morgan fingerprint density at radius 3 is 2.62 bits per heavy atom. The number of aromatic nitrogens is 2. The third-order valence-corrected chi connectivity index (χ3v) is 4.07. The lowest BCUT2D eigenvalue weighted by Gasteiger charge is -2.40. The summed E-state index contributed by atoms with van der Waals surface area (Å²) >= 11 is 0. The molecule has 1 fully saturated rings. The molecule has 2 rings (SSSR count). The fourth-order valence-corrected chi connectivity index (χ4v) is 2.87. The molecule has 2 amide bonds. The highest BCUT2D eigenvalue weighted by molar-refractivity contribution is 5.97. The Labute approximate surface area is 125 Å². The molecule has 0 radical (unpaired) electrons. The monoisotopic (exact) mass is 292 g/mol. The molecule has 6 heteroatoms. The van der Waals surface area contributed by atoms with Gasteiger partial charge in [0.15, 0.2) is 0 Å². The zero-order valence-corrected chi connectivity index (χ0v) is 13.2. The van der Waals surface area contributed by atoms with E-state index in [2.05, 4.69) is 10.4 Å². The maximum Gasteiger partial charge on any atom is 0.245 e. The van der Waals surface area contributed by atoms with E-state index in [4.69, 9.17) is 0 Å². The van der Waals surface area contributed by atoms with Gasteiger partial charge in [-0.15, -0.1) is 0 Å². The molecule has 1 aliphatic heterocycles. The molecule has 2 heterocycles. The van der Waals surface area contributed by atoms with Crippen molar-refractivity contribution in [2.45, 2.75) is 45.7 Å². The van der Waals surface area contributed by atoms with Crippen LogP contribution in [0.15, 0.2) is 12.3 Å². The SMILES string of the molecule is CCC1NC(=O)C(C(C)C)N(CCc2ccnn2C)C1=O. The smallest absolute Gasteiger partial charge is 0.245 e. The number of carbonyl (C=O) groups is 2. The third-order valence-electron chi connectivity index (χ3n) is 4.07. The highest BCUT2D eigenvalue weighted by Crippen LogP contribution is 2.19. The number of hydrogen-bond donors (Lipinski definition) is 1. The Kier molecular flexibility index (Phi) is 4.65. The summed E-state index contributed by atoms with van der Waals surface area (Å²) in [7, 11) is 1.88. The molecule has 0 aromatic carbocycles. The van der Waals surface area contributed by atoms with E-state index in [-0.39, 0.29) is 29.8 Å². The van der Waals surface area contributed by atoms with Crippen molar-refractivity contribution >= 4 is 11.8 Å². The molecule has 0 saturated carbocycles. The summed E-state index contributed by atoms with van der Waals surface area (Å²) in [6.45, 7) is 6.41. The van der Waals surface area contributed by atoms with Crippen LogP contribution in [0.5, 0.6) is 0 Å². The molecule has 1 N–H and O–H groups in total. The van der Waals surface area contributed by atoms with E-state index < -0.39 is 0 Å². The number of carbonyl (C=O) groups excluding carboxylic acids is 2. The minimum absolute atomic E-state index is 0.0259. The van der Waals surface area contributed by atoms with E-state index in [0.717, 1.165) is 5.69 Å². The van der Waals surface area contributed by atoms with Crippen LogP contribution in [0.3, 0.4) is 0 Å². The van der Waals surface area contributed by atoms with Crippen molar-refractivity contribution < 1.29 is 9.59 Å². The number of amides is 2. The third kappa shape index (κ3) is 3.09. The molecule has 1 aliphatic rings. The molecule has 2 atom stereocenters. The molecule has 0 spiro atoms. The van der Waals surface area contributed by atoms with E-state index in [1.165, 1.54) is 0 Å². The zero-order chi connectivity index (χ0) is 15.6. The lowest BCUT2D eigenvalue weighted by atomic mass is 9.96. The second kappa shape index (κ2) is 6.28. The largest absolute Gasteiger partial charge is 0.343 e. The summed E-state index contributed by atoms with van der Waals surface area (Å²) in [4.78, 5) is 26.6. The zero-order valence-electron chi connectivity index (χ0n) is 13.2. The molecule has 1 aromatic rings. The number of hydrogen-bond acceptors (Lipinski definition) is 3. The predicted molar refractivity (Wildman–Crippen MR) is 79.5 cm³/mol. The van der Waals surface area contributed by atoms with Gasteiger partial charge in [0.05, 0.1) is 0 Å². The van der Waals surface area contributed by atoms with Gasteiger partial charge < -0.3 is 10.2 Å². The van der Waals surface area contributed by atoms with Gasteiger partial charge in [-0.1, -0.05) is 20.8 Å². The van der Waals surface area contributed by atoms with Crippen LogP contribution in [-0.2, 0) is 23.1 Å². The van der Waals surface area contributed by atoms with E-state index in [0.29, 0.717) is 19.4 Å². The van der Waals surface area contributed by atoms with Crippen LogP contribution >= 0.6 is 0 Å². The summed E-state index contributed by atoms with van der Waals surface area (Å²) in [6, 6.07) is 1.17. The minimum Gasteiger partial charge on any atom is -0.343 e. The molecule has 1 aromatic heterocycles.